The van der Waals surface area contributed by atoms with Gasteiger partial charge in [0.25, 0.3) is 0 Å². The van der Waals surface area contributed by atoms with Crippen molar-refractivity contribution in [3.63, 3.8) is 0 Å². The Morgan fingerprint density at radius 1 is 0.267 bits per heavy atom. The molecule has 0 aliphatic heterocycles. The maximum Gasteiger partial charge on any atom is 0.0619 e. The van der Waals surface area contributed by atoms with Crippen LogP contribution in [0.4, 0.5) is 0 Å². The van der Waals surface area contributed by atoms with E-state index in [0.29, 0.717) is 0 Å². The van der Waals surface area contributed by atoms with E-state index in [9.17, 15) is 0 Å². The zero-order valence-corrected chi connectivity index (χ0v) is 33.1. The summed E-state index contributed by atoms with van der Waals surface area (Å²) in [5.41, 5.74) is 17.2. The summed E-state index contributed by atoms with van der Waals surface area (Å²) in [6.07, 6.45) is 0. The second-order valence-corrected chi connectivity index (χ2v) is 15.7. The Morgan fingerprint density at radius 3 is 1.25 bits per heavy atom. The lowest BCUT2D eigenvalue weighted by atomic mass is 9.84. The van der Waals surface area contributed by atoms with Crippen LogP contribution in [0.5, 0.6) is 0 Å². The maximum absolute atomic E-state index is 2.47. The molecule has 10 aromatic carbocycles. The number of rotatable bonds is 8. The van der Waals surface area contributed by atoms with Crippen molar-refractivity contribution in [2.75, 3.05) is 0 Å². The molecular formula is C59H41N. The van der Waals surface area contributed by atoms with Gasteiger partial charge in [0.15, 0.2) is 0 Å². The fraction of sp³-hybridized carbons (Fsp3) is 0.0169. The molecule has 0 aliphatic carbocycles. The molecule has 0 fully saturated rings. The van der Waals surface area contributed by atoms with Crippen molar-refractivity contribution in [2.24, 2.45) is 0 Å². The average molecular weight is 764 g/mol. The molecule has 0 saturated carbocycles. The first-order chi connectivity index (χ1) is 29.8. The SMILES string of the molecule is c1ccc(-c2ccc(C(c3ccccc3)c3ccc(-c4ccc(-n5c6ccc(-c7ccccc7)cc6c6cc(-c7ccccc7)c7ccccc7c65)cc4)cc3)cc2)cc1. The summed E-state index contributed by atoms with van der Waals surface area (Å²) in [5.74, 6) is 0.127. The molecule has 282 valence electrons. The van der Waals surface area contributed by atoms with E-state index in [0.717, 1.165) is 5.69 Å². The van der Waals surface area contributed by atoms with Crippen LogP contribution in [-0.4, -0.2) is 4.57 Å². The van der Waals surface area contributed by atoms with Crippen LogP contribution < -0.4 is 0 Å². The van der Waals surface area contributed by atoms with Crippen LogP contribution in [0.2, 0.25) is 0 Å². The van der Waals surface area contributed by atoms with Crippen molar-refractivity contribution >= 4 is 32.6 Å². The minimum absolute atomic E-state index is 0.127. The Labute approximate surface area is 351 Å². The normalized spacial score (nSPS) is 11.9. The Hall–Kier alpha value is -7.74. The lowest BCUT2D eigenvalue weighted by Gasteiger charge is -2.20. The topological polar surface area (TPSA) is 4.93 Å². The van der Waals surface area contributed by atoms with E-state index in [1.54, 1.807) is 0 Å². The third-order valence-electron chi connectivity index (χ3n) is 12.1. The van der Waals surface area contributed by atoms with E-state index in [4.69, 9.17) is 0 Å². The van der Waals surface area contributed by atoms with Crippen LogP contribution in [0.1, 0.15) is 22.6 Å². The lowest BCUT2D eigenvalue weighted by molar-refractivity contribution is 0.978. The average Bonchev–Trinajstić information content (AvgIpc) is 3.67. The lowest BCUT2D eigenvalue weighted by Crippen LogP contribution is -2.03. The molecule has 11 rings (SSSR count). The van der Waals surface area contributed by atoms with Crippen LogP contribution in [0.3, 0.4) is 0 Å². The molecule has 0 radical (unpaired) electrons. The third kappa shape index (κ3) is 6.38. The number of hydrogen-bond acceptors (Lipinski definition) is 0. The van der Waals surface area contributed by atoms with Gasteiger partial charge in [-0.3, -0.25) is 0 Å². The standard InChI is InChI=1S/C59H41N/c1-5-15-41(16-6-1)43-25-29-48(30-26-43)58(47-21-11-4-12-22-47)49-31-27-44(28-32-49)45-33-36-51(37-34-45)60-57-38-35-50(42-17-7-2-8-18-42)39-55(57)56-40-54(46-19-9-3-10-20-46)52-23-13-14-24-53(52)59(56)60/h1-40,58H. The highest BCUT2D eigenvalue weighted by Gasteiger charge is 2.20. The number of benzene rings is 10. The highest BCUT2D eigenvalue weighted by Crippen LogP contribution is 2.43. The molecule has 0 N–H and O–H groups in total. The molecule has 0 bridgehead atoms. The smallest absolute Gasteiger partial charge is 0.0619 e. The minimum atomic E-state index is 0.127. The largest absolute Gasteiger partial charge is 0.309 e. The predicted molar refractivity (Wildman–Crippen MR) is 254 cm³/mol. The van der Waals surface area contributed by atoms with Gasteiger partial charge in [0.05, 0.1) is 11.0 Å². The van der Waals surface area contributed by atoms with E-state index in [1.165, 1.54) is 93.8 Å². The molecule has 1 unspecified atom stereocenters. The van der Waals surface area contributed by atoms with Gasteiger partial charge in [0.2, 0.25) is 0 Å². The molecule has 1 heterocycles. The molecule has 0 spiro atoms. The van der Waals surface area contributed by atoms with Crippen LogP contribution >= 0.6 is 0 Å². The first-order valence-electron chi connectivity index (χ1n) is 20.8. The van der Waals surface area contributed by atoms with Crippen LogP contribution in [0.25, 0.3) is 82.8 Å². The minimum Gasteiger partial charge on any atom is -0.309 e. The van der Waals surface area contributed by atoms with E-state index >= 15 is 0 Å². The van der Waals surface area contributed by atoms with E-state index in [2.05, 4.69) is 247 Å². The quantitative estimate of drug-likeness (QED) is 0.136. The second kappa shape index (κ2) is 15.2. The van der Waals surface area contributed by atoms with E-state index in [1.807, 2.05) is 0 Å². The van der Waals surface area contributed by atoms with Crippen molar-refractivity contribution in [1.82, 2.24) is 4.57 Å². The highest BCUT2D eigenvalue weighted by atomic mass is 15.0. The number of nitrogens with zero attached hydrogens (tertiary/aromatic N) is 1. The fourth-order valence-electron chi connectivity index (χ4n) is 9.20. The van der Waals surface area contributed by atoms with Crippen LogP contribution in [0, 0.1) is 0 Å². The predicted octanol–water partition coefficient (Wildman–Crippen LogP) is 15.8. The summed E-state index contributed by atoms with van der Waals surface area (Å²) < 4.78 is 2.47. The fourth-order valence-corrected chi connectivity index (χ4v) is 9.20. The first-order valence-corrected chi connectivity index (χ1v) is 20.8. The van der Waals surface area contributed by atoms with Crippen molar-refractivity contribution < 1.29 is 0 Å². The Bertz CT molecular complexity index is 3240. The Balaban J connectivity index is 0.996. The van der Waals surface area contributed by atoms with Crippen molar-refractivity contribution in [3.8, 4) is 50.2 Å². The molecule has 1 atom stereocenters. The molecule has 1 heteroatoms. The summed E-state index contributed by atoms with van der Waals surface area (Å²) in [4.78, 5) is 0. The second-order valence-electron chi connectivity index (χ2n) is 15.7. The summed E-state index contributed by atoms with van der Waals surface area (Å²) >= 11 is 0. The molecule has 1 nitrogen and oxygen atoms in total. The first kappa shape index (κ1) is 35.4. The molecular weight excluding hydrogens is 723 g/mol. The number of hydrogen-bond donors (Lipinski definition) is 0. The van der Waals surface area contributed by atoms with Gasteiger partial charge >= 0.3 is 0 Å². The monoisotopic (exact) mass is 763 g/mol. The van der Waals surface area contributed by atoms with Crippen molar-refractivity contribution in [3.05, 3.63) is 259 Å². The van der Waals surface area contributed by atoms with Gasteiger partial charge in [0.1, 0.15) is 0 Å². The van der Waals surface area contributed by atoms with Crippen molar-refractivity contribution in [1.29, 1.82) is 0 Å². The highest BCUT2D eigenvalue weighted by molar-refractivity contribution is 6.22. The zero-order valence-electron chi connectivity index (χ0n) is 33.1. The number of aromatic nitrogens is 1. The molecule has 0 amide bonds. The third-order valence-corrected chi connectivity index (χ3v) is 12.1. The Kier molecular flexibility index (Phi) is 8.98. The summed E-state index contributed by atoms with van der Waals surface area (Å²) in [7, 11) is 0. The van der Waals surface area contributed by atoms with Gasteiger partial charge in [0, 0.05) is 27.8 Å². The van der Waals surface area contributed by atoms with Gasteiger partial charge in [-0.15, -0.1) is 0 Å². The summed E-state index contributed by atoms with van der Waals surface area (Å²) in [6, 6.07) is 88.6. The van der Waals surface area contributed by atoms with Gasteiger partial charge in [-0.2, -0.15) is 0 Å². The summed E-state index contributed by atoms with van der Waals surface area (Å²) in [5, 5.41) is 4.99. The van der Waals surface area contributed by atoms with Crippen LogP contribution in [0.15, 0.2) is 243 Å². The summed E-state index contributed by atoms with van der Waals surface area (Å²) in [6.45, 7) is 0. The van der Waals surface area contributed by atoms with E-state index in [-0.39, 0.29) is 5.92 Å². The molecule has 0 saturated heterocycles. The molecule has 11 aromatic rings. The van der Waals surface area contributed by atoms with Crippen molar-refractivity contribution in [2.45, 2.75) is 5.92 Å². The van der Waals surface area contributed by atoms with Gasteiger partial charge in [-0.05, 0) is 96.9 Å². The molecule has 0 aliphatic rings. The molecule has 1 aromatic heterocycles. The van der Waals surface area contributed by atoms with Gasteiger partial charge in [-0.1, -0.05) is 212 Å². The van der Waals surface area contributed by atoms with Gasteiger partial charge < -0.3 is 4.57 Å². The Morgan fingerprint density at radius 2 is 0.683 bits per heavy atom. The maximum atomic E-state index is 2.47. The molecule has 60 heavy (non-hydrogen) atoms. The van der Waals surface area contributed by atoms with Gasteiger partial charge in [-0.25, -0.2) is 0 Å². The van der Waals surface area contributed by atoms with E-state index < -0.39 is 0 Å². The van der Waals surface area contributed by atoms with Crippen LogP contribution in [-0.2, 0) is 0 Å². The zero-order chi connectivity index (χ0) is 39.8. The number of fused-ring (bicyclic) bond motifs is 5.